The number of benzene rings is 3. The molecule has 1 heterocycles. The highest BCUT2D eigenvalue weighted by Gasteiger charge is 2.29. The Morgan fingerprint density at radius 1 is 0.894 bits per heavy atom. The second-order valence-electron chi connectivity index (χ2n) is 9.45. The van der Waals surface area contributed by atoms with Crippen LogP contribution in [0.4, 0.5) is 22.0 Å². The lowest BCUT2D eigenvalue weighted by molar-refractivity contribution is -0.154. The van der Waals surface area contributed by atoms with Crippen LogP contribution in [0.25, 0.3) is 10.1 Å². The SMILES string of the molecule is CC.CC.CC(N)C(=O)OC1CCC1.O=C(Oc1c(F)c(F)c(F)c(F)c1F)c1cc2cc(C[P+](=O)Oc3ccccc3)ccc2s1. The van der Waals surface area contributed by atoms with Gasteiger partial charge in [-0.1, -0.05) is 52.0 Å². The second-order valence-corrected chi connectivity index (χ2v) is 11.7. The fourth-order valence-electron chi connectivity index (χ4n) is 3.65. The number of hydrogen-bond donors (Lipinski definition) is 1. The van der Waals surface area contributed by atoms with Crippen molar-refractivity contribution in [3.8, 4) is 11.5 Å². The van der Waals surface area contributed by atoms with E-state index in [9.17, 15) is 36.1 Å². The molecular weight excluding hydrogens is 664 g/mol. The van der Waals surface area contributed by atoms with Gasteiger partial charge >= 0.3 is 20.0 Å². The number of esters is 2. The highest BCUT2D eigenvalue weighted by atomic mass is 32.1. The van der Waals surface area contributed by atoms with Gasteiger partial charge < -0.3 is 15.2 Å². The van der Waals surface area contributed by atoms with Crippen molar-refractivity contribution in [2.45, 2.75) is 72.2 Å². The van der Waals surface area contributed by atoms with Gasteiger partial charge in [-0.25, -0.2) is 18.0 Å². The van der Waals surface area contributed by atoms with E-state index in [1.807, 2.05) is 27.7 Å². The van der Waals surface area contributed by atoms with Crippen LogP contribution >= 0.6 is 19.4 Å². The first-order chi connectivity index (χ1) is 22.4. The molecule has 1 aromatic heterocycles. The van der Waals surface area contributed by atoms with Crippen molar-refractivity contribution < 1.29 is 50.1 Å². The quantitative estimate of drug-likeness (QED) is 0.0488. The predicted molar refractivity (Wildman–Crippen MR) is 171 cm³/mol. The molecule has 14 heteroatoms. The van der Waals surface area contributed by atoms with Crippen molar-refractivity contribution in [2.75, 3.05) is 0 Å². The normalized spacial score (nSPS) is 12.9. The maximum absolute atomic E-state index is 13.8. The zero-order valence-electron chi connectivity index (χ0n) is 26.5. The first-order valence-electron chi connectivity index (χ1n) is 14.8. The third-order valence-corrected chi connectivity index (χ3v) is 8.25. The number of nitrogens with two attached hydrogens (primary N) is 1. The van der Waals surface area contributed by atoms with E-state index in [4.69, 9.17) is 15.0 Å². The van der Waals surface area contributed by atoms with Gasteiger partial charge in [0.2, 0.25) is 41.0 Å². The summed E-state index contributed by atoms with van der Waals surface area (Å²) in [7, 11) is -2.07. The van der Waals surface area contributed by atoms with Crippen LogP contribution in [0.5, 0.6) is 11.5 Å². The molecule has 1 aliphatic carbocycles. The molecular formula is C33H36F5NO6PS+. The van der Waals surface area contributed by atoms with E-state index in [2.05, 4.69) is 4.74 Å². The lowest BCUT2D eigenvalue weighted by Crippen LogP contribution is -2.34. The van der Waals surface area contributed by atoms with Crippen molar-refractivity contribution in [3.63, 3.8) is 0 Å². The Morgan fingerprint density at radius 2 is 1.47 bits per heavy atom. The average molecular weight is 701 g/mol. The molecule has 2 unspecified atom stereocenters. The number of hydrogen-bond acceptors (Lipinski definition) is 8. The number of halogens is 5. The molecule has 1 saturated carbocycles. The number of carbonyl (C=O) groups excluding carboxylic acids is 2. The van der Waals surface area contributed by atoms with Gasteiger partial charge in [-0.3, -0.25) is 9.32 Å². The summed E-state index contributed by atoms with van der Waals surface area (Å²) in [5.41, 5.74) is 5.92. The third kappa shape index (κ3) is 10.8. The zero-order chi connectivity index (χ0) is 35.3. The van der Waals surface area contributed by atoms with E-state index >= 15 is 0 Å². The lowest BCUT2D eigenvalue weighted by atomic mass is 9.96. The fourth-order valence-corrected chi connectivity index (χ4v) is 5.49. The Balaban J connectivity index is 0.000000462. The number of thiophene rings is 1. The highest BCUT2D eigenvalue weighted by Crippen LogP contribution is 2.35. The molecule has 1 aliphatic rings. The highest BCUT2D eigenvalue weighted by molar-refractivity contribution is 7.38. The summed E-state index contributed by atoms with van der Waals surface area (Å²) in [6.07, 6.45) is 3.45. The molecule has 7 nitrogen and oxygen atoms in total. The minimum absolute atomic E-state index is 0.0837. The summed E-state index contributed by atoms with van der Waals surface area (Å²) < 4.78 is 95.0. The minimum atomic E-state index is -2.35. The summed E-state index contributed by atoms with van der Waals surface area (Å²) in [5, 5.41) is 0.532. The second kappa shape index (κ2) is 19.0. The summed E-state index contributed by atoms with van der Waals surface area (Å²) in [4.78, 5) is 23.0. The van der Waals surface area contributed by atoms with Gasteiger partial charge in [-0.05, 0) is 66.5 Å². The smallest absolute Gasteiger partial charge is 0.461 e. The molecule has 0 radical (unpaired) electrons. The van der Waals surface area contributed by atoms with Gasteiger partial charge in [-0.2, -0.15) is 8.78 Å². The summed E-state index contributed by atoms with van der Waals surface area (Å²) in [5.74, 6) is -14.1. The van der Waals surface area contributed by atoms with E-state index in [0.29, 0.717) is 21.4 Å². The minimum Gasteiger partial charge on any atom is -0.461 e. The molecule has 254 valence electrons. The van der Waals surface area contributed by atoms with Crippen molar-refractivity contribution in [1.29, 1.82) is 0 Å². The van der Waals surface area contributed by atoms with Crippen LogP contribution in [0.1, 0.15) is 69.1 Å². The van der Waals surface area contributed by atoms with Gasteiger partial charge in [0, 0.05) is 10.3 Å². The molecule has 47 heavy (non-hydrogen) atoms. The number of rotatable bonds is 8. The molecule has 0 saturated heterocycles. The molecule has 2 atom stereocenters. The van der Waals surface area contributed by atoms with Crippen LogP contribution in [-0.2, 0) is 20.3 Å². The van der Waals surface area contributed by atoms with E-state index in [0.717, 1.165) is 24.2 Å². The van der Waals surface area contributed by atoms with Crippen LogP contribution in [0, 0.1) is 29.1 Å². The Labute approximate surface area is 274 Å². The van der Waals surface area contributed by atoms with Gasteiger partial charge in [0.25, 0.3) is 0 Å². The maximum Gasteiger partial charge on any atom is 0.560 e. The first-order valence-corrected chi connectivity index (χ1v) is 17.0. The van der Waals surface area contributed by atoms with E-state index < -0.39 is 54.9 Å². The van der Waals surface area contributed by atoms with Crippen molar-refractivity contribution in [2.24, 2.45) is 5.73 Å². The largest absolute Gasteiger partial charge is 0.560 e. The molecule has 0 bridgehead atoms. The Morgan fingerprint density at radius 3 is 2.00 bits per heavy atom. The van der Waals surface area contributed by atoms with E-state index in [1.54, 1.807) is 55.5 Å². The molecule has 0 aliphatic heterocycles. The van der Waals surface area contributed by atoms with Crippen molar-refractivity contribution >= 4 is 41.4 Å². The van der Waals surface area contributed by atoms with Crippen molar-refractivity contribution in [1.82, 2.24) is 0 Å². The monoisotopic (exact) mass is 700 g/mol. The maximum atomic E-state index is 13.8. The number of fused-ring (bicyclic) bond motifs is 1. The molecule has 2 N–H and O–H groups in total. The van der Waals surface area contributed by atoms with Crippen LogP contribution in [0.3, 0.4) is 0 Å². The van der Waals surface area contributed by atoms with Crippen LogP contribution in [0.15, 0.2) is 54.6 Å². The van der Waals surface area contributed by atoms with E-state index in [-0.39, 0.29) is 23.1 Å². The summed E-state index contributed by atoms with van der Waals surface area (Å²) in [6.45, 7) is 9.64. The van der Waals surface area contributed by atoms with E-state index in [1.165, 1.54) is 12.5 Å². The fraction of sp³-hybridized carbons (Fsp3) is 0.333. The number of ether oxygens (including phenoxy) is 2. The third-order valence-electron chi connectivity index (χ3n) is 6.12. The standard InChI is InChI=1S/C22H11F5O4PS.C7H13NO2.2C2H6/c23-16-17(24)19(26)21(20(27)18(16)25)30-22(28)15-9-12-8-11(6-7-14(12)33-15)10-32(29)31-13-4-2-1-3-5-13;1-5(8)7(9)10-6-3-2-4-6;2*1-2/h1-9H,10H2;5-6H,2-4,8H2,1H3;2*1-2H3/q+1;;;. The number of para-hydroxylation sites is 1. The summed E-state index contributed by atoms with van der Waals surface area (Å²) in [6, 6.07) is 14.4. The molecule has 1 fully saturated rings. The predicted octanol–water partition coefficient (Wildman–Crippen LogP) is 9.62. The molecule has 4 aromatic rings. The van der Waals surface area contributed by atoms with Gasteiger partial charge in [0.05, 0.1) is 0 Å². The lowest BCUT2D eigenvalue weighted by Gasteiger charge is -2.25. The van der Waals surface area contributed by atoms with Gasteiger partial charge in [-0.15, -0.1) is 11.3 Å². The molecule has 3 aromatic carbocycles. The topological polar surface area (TPSA) is 105 Å². The van der Waals surface area contributed by atoms with Crippen LogP contribution in [-0.4, -0.2) is 24.1 Å². The van der Waals surface area contributed by atoms with Crippen LogP contribution < -0.4 is 15.0 Å². The first kappa shape index (κ1) is 39.2. The Hall–Kier alpha value is -3.93. The Bertz CT molecular complexity index is 1640. The van der Waals surface area contributed by atoms with Crippen LogP contribution in [0.2, 0.25) is 0 Å². The van der Waals surface area contributed by atoms with Gasteiger partial charge in [0.1, 0.15) is 17.0 Å². The summed E-state index contributed by atoms with van der Waals surface area (Å²) >= 11 is 0.893. The number of carbonyl (C=O) groups is 2. The van der Waals surface area contributed by atoms with Crippen molar-refractivity contribution in [3.05, 3.63) is 94.1 Å². The Kier molecular flexibility index (Phi) is 15.9. The molecule has 0 spiro atoms. The molecule has 5 rings (SSSR count). The molecule has 0 amide bonds. The zero-order valence-corrected chi connectivity index (χ0v) is 28.2. The average Bonchev–Trinajstić information content (AvgIpc) is 3.49. The van der Waals surface area contributed by atoms with Gasteiger partial charge in [0.15, 0.2) is 5.75 Å².